The minimum absolute atomic E-state index is 0.137. The highest BCUT2D eigenvalue weighted by atomic mass is 16.6. The fraction of sp³-hybridized carbons (Fsp3) is 0.229. The standard InChI is InChI=1S/C35H30N6O6/c1-19(39-32(42)26-7-3-5-21-13-23(41(46)47)15-29(30(21)26)35(39)45)16-37-11-12-38-17-20(2)40-33(43)27-8-4-6-25-24-9-10-36-18-22(24)14-28(31(25)27)34(40)44/h3-10,13-15,18-20,37-38H,11-12,16-17H2,1-2H3/t19-,20-/m1/s1. The van der Waals surface area contributed by atoms with E-state index in [2.05, 4.69) is 15.6 Å². The average molecular weight is 631 g/mol. The van der Waals surface area contributed by atoms with Crippen LogP contribution in [0.4, 0.5) is 5.69 Å². The normalized spacial score (nSPS) is 15.6. The van der Waals surface area contributed by atoms with Gasteiger partial charge in [0.15, 0.2) is 0 Å². The second-order valence-corrected chi connectivity index (χ2v) is 12.0. The maximum absolute atomic E-state index is 13.7. The maximum Gasteiger partial charge on any atom is 0.270 e. The van der Waals surface area contributed by atoms with E-state index >= 15 is 0 Å². The van der Waals surface area contributed by atoms with Crippen molar-refractivity contribution in [2.75, 3.05) is 26.2 Å². The highest BCUT2D eigenvalue weighted by Crippen LogP contribution is 2.36. The molecule has 0 spiro atoms. The molecule has 2 aliphatic rings. The van der Waals surface area contributed by atoms with Crippen molar-refractivity contribution < 1.29 is 24.1 Å². The molecule has 0 aliphatic carbocycles. The smallest absolute Gasteiger partial charge is 0.270 e. The largest absolute Gasteiger partial charge is 0.313 e. The van der Waals surface area contributed by atoms with E-state index in [0.29, 0.717) is 59.0 Å². The molecule has 4 aromatic carbocycles. The summed E-state index contributed by atoms with van der Waals surface area (Å²) in [4.78, 5) is 71.6. The van der Waals surface area contributed by atoms with Crippen LogP contribution < -0.4 is 10.6 Å². The fourth-order valence-electron chi connectivity index (χ4n) is 6.76. The van der Waals surface area contributed by atoms with Crippen LogP contribution in [0.25, 0.3) is 32.3 Å². The molecular formula is C35H30N6O6. The molecule has 0 bridgehead atoms. The first-order chi connectivity index (χ1) is 22.7. The Balaban J connectivity index is 0.969. The van der Waals surface area contributed by atoms with Crippen LogP contribution >= 0.6 is 0 Å². The number of rotatable bonds is 10. The lowest BCUT2D eigenvalue weighted by Gasteiger charge is -2.32. The van der Waals surface area contributed by atoms with Crippen LogP contribution in [-0.4, -0.2) is 81.6 Å². The van der Waals surface area contributed by atoms with Gasteiger partial charge in [0.05, 0.1) is 10.5 Å². The molecule has 2 N–H and O–H groups in total. The van der Waals surface area contributed by atoms with Gasteiger partial charge in [-0.2, -0.15) is 0 Å². The quantitative estimate of drug-likeness (QED) is 0.0756. The zero-order valence-electron chi connectivity index (χ0n) is 25.6. The van der Waals surface area contributed by atoms with E-state index in [0.717, 1.165) is 21.1 Å². The maximum atomic E-state index is 13.7. The molecule has 0 saturated carbocycles. The molecule has 236 valence electrons. The van der Waals surface area contributed by atoms with E-state index < -0.39 is 28.8 Å². The number of amides is 4. The minimum Gasteiger partial charge on any atom is -0.313 e. The van der Waals surface area contributed by atoms with Gasteiger partial charge in [-0.25, -0.2) is 0 Å². The van der Waals surface area contributed by atoms with E-state index in [9.17, 15) is 29.3 Å². The van der Waals surface area contributed by atoms with Crippen LogP contribution in [0.1, 0.15) is 55.3 Å². The summed E-state index contributed by atoms with van der Waals surface area (Å²) < 4.78 is 0. The number of carbonyl (C=O) groups excluding carboxylic acids is 4. The third-order valence-electron chi connectivity index (χ3n) is 8.98. The number of fused-ring (bicyclic) bond motifs is 2. The lowest BCUT2D eigenvalue weighted by atomic mass is 9.90. The molecule has 0 fully saturated rings. The van der Waals surface area contributed by atoms with Crippen LogP contribution in [-0.2, 0) is 0 Å². The van der Waals surface area contributed by atoms with Crippen molar-refractivity contribution in [3.63, 3.8) is 0 Å². The number of nitro groups is 1. The molecular weight excluding hydrogens is 600 g/mol. The molecule has 0 saturated heterocycles. The Labute approximate surface area is 268 Å². The minimum atomic E-state index is -0.568. The SMILES string of the molecule is C[C@H](CNCCNC[C@@H](C)N1C(=O)c2cccc3c2c(cc2cnccc23)C1=O)N1C(=O)c2cccc3cc([N+](=O)[O-])cc(c23)C1=O. The molecule has 0 unspecified atom stereocenters. The van der Waals surface area contributed by atoms with Crippen molar-refractivity contribution in [2.24, 2.45) is 0 Å². The van der Waals surface area contributed by atoms with Crippen molar-refractivity contribution in [3.05, 3.63) is 105 Å². The number of nitro benzene ring substituents is 1. The number of carbonyl (C=O) groups is 4. The summed E-state index contributed by atoms with van der Waals surface area (Å²) in [6.07, 6.45) is 3.41. The van der Waals surface area contributed by atoms with Crippen LogP contribution in [0.2, 0.25) is 0 Å². The number of imide groups is 2. The molecule has 5 aromatic rings. The molecule has 3 heterocycles. The lowest BCUT2D eigenvalue weighted by molar-refractivity contribution is -0.384. The van der Waals surface area contributed by atoms with Gasteiger partial charge in [0, 0.05) is 95.6 Å². The van der Waals surface area contributed by atoms with E-state index in [-0.39, 0.29) is 23.1 Å². The molecule has 7 rings (SSSR count). The summed E-state index contributed by atoms with van der Waals surface area (Å²) >= 11 is 0. The summed E-state index contributed by atoms with van der Waals surface area (Å²) in [5.41, 5.74) is 1.23. The molecule has 2 atom stereocenters. The Morgan fingerprint density at radius 2 is 1.28 bits per heavy atom. The van der Waals surface area contributed by atoms with E-state index in [1.807, 2.05) is 25.1 Å². The summed E-state index contributed by atoms with van der Waals surface area (Å²) in [6, 6.07) is 15.8. The number of pyridine rings is 1. The second kappa shape index (κ2) is 11.6. The number of benzene rings is 4. The van der Waals surface area contributed by atoms with Crippen molar-refractivity contribution in [3.8, 4) is 0 Å². The summed E-state index contributed by atoms with van der Waals surface area (Å²) in [5.74, 6) is -1.69. The monoisotopic (exact) mass is 630 g/mol. The Hall–Kier alpha value is -5.59. The van der Waals surface area contributed by atoms with E-state index in [1.165, 1.54) is 17.0 Å². The number of nitrogens with one attached hydrogen (secondary N) is 2. The molecule has 1 aromatic heterocycles. The van der Waals surface area contributed by atoms with Crippen LogP contribution in [0, 0.1) is 10.1 Å². The van der Waals surface area contributed by atoms with E-state index in [4.69, 9.17) is 0 Å². The lowest BCUT2D eigenvalue weighted by Crippen LogP contribution is -2.51. The molecule has 12 heteroatoms. The zero-order chi connectivity index (χ0) is 33.0. The predicted octanol–water partition coefficient (Wildman–Crippen LogP) is 4.30. The fourth-order valence-corrected chi connectivity index (χ4v) is 6.76. The van der Waals surface area contributed by atoms with Crippen molar-refractivity contribution in [2.45, 2.75) is 25.9 Å². The predicted molar refractivity (Wildman–Crippen MR) is 176 cm³/mol. The van der Waals surface area contributed by atoms with Crippen molar-refractivity contribution in [1.82, 2.24) is 25.4 Å². The number of non-ortho nitro benzene ring substituents is 1. The molecule has 47 heavy (non-hydrogen) atoms. The highest BCUT2D eigenvalue weighted by molar-refractivity contribution is 6.29. The topological polar surface area (TPSA) is 155 Å². The van der Waals surface area contributed by atoms with E-state index in [1.54, 1.807) is 49.6 Å². The average Bonchev–Trinajstić information content (AvgIpc) is 3.07. The number of aromatic nitrogens is 1. The van der Waals surface area contributed by atoms with Gasteiger partial charge < -0.3 is 10.6 Å². The van der Waals surface area contributed by atoms with Gasteiger partial charge in [-0.1, -0.05) is 24.3 Å². The first kappa shape index (κ1) is 30.1. The number of hydrogen-bond acceptors (Lipinski definition) is 9. The third kappa shape index (κ3) is 4.89. The highest BCUT2D eigenvalue weighted by Gasteiger charge is 2.38. The van der Waals surface area contributed by atoms with Crippen LogP contribution in [0.3, 0.4) is 0 Å². The molecule has 12 nitrogen and oxygen atoms in total. The van der Waals surface area contributed by atoms with Crippen molar-refractivity contribution in [1.29, 1.82) is 0 Å². The van der Waals surface area contributed by atoms with Crippen LogP contribution in [0.15, 0.2) is 73.1 Å². The Morgan fingerprint density at radius 3 is 1.91 bits per heavy atom. The summed E-state index contributed by atoms with van der Waals surface area (Å²) in [7, 11) is 0. The van der Waals surface area contributed by atoms with Gasteiger partial charge in [-0.05, 0) is 54.3 Å². The first-order valence-corrected chi connectivity index (χ1v) is 15.3. The molecule has 0 radical (unpaired) electrons. The van der Waals surface area contributed by atoms with Crippen molar-refractivity contribution >= 4 is 61.6 Å². The second-order valence-electron chi connectivity index (χ2n) is 12.0. The van der Waals surface area contributed by atoms with Gasteiger partial charge in [-0.3, -0.25) is 44.1 Å². The Kier molecular flexibility index (Phi) is 7.45. The number of hydrogen-bond donors (Lipinski definition) is 2. The van der Waals surface area contributed by atoms with Gasteiger partial charge in [0.25, 0.3) is 29.3 Å². The van der Waals surface area contributed by atoms with Gasteiger partial charge in [0.1, 0.15) is 0 Å². The third-order valence-corrected chi connectivity index (χ3v) is 8.98. The summed E-state index contributed by atoms with van der Waals surface area (Å²) in [6.45, 7) is 5.19. The molecule has 2 aliphatic heterocycles. The summed E-state index contributed by atoms with van der Waals surface area (Å²) in [5, 5.41) is 22.2. The first-order valence-electron chi connectivity index (χ1n) is 15.3. The Morgan fingerprint density at radius 1 is 0.702 bits per heavy atom. The Bertz CT molecular complexity index is 2180. The zero-order valence-corrected chi connectivity index (χ0v) is 25.6. The van der Waals surface area contributed by atoms with Gasteiger partial charge in [-0.15, -0.1) is 0 Å². The van der Waals surface area contributed by atoms with Gasteiger partial charge >= 0.3 is 0 Å². The molecule has 4 amide bonds. The number of nitrogens with zero attached hydrogens (tertiary/aromatic N) is 4. The van der Waals surface area contributed by atoms with Crippen LogP contribution in [0.5, 0.6) is 0 Å². The van der Waals surface area contributed by atoms with Gasteiger partial charge in [0.2, 0.25) is 0 Å².